The fraction of sp³-hybridized carbons (Fsp3) is 0.611. The number of nitrogens with one attached hydrogen (secondary N) is 1. The van der Waals surface area contributed by atoms with Crippen molar-refractivity contribution in [3.05, 3.63) is 28.8 Å². The highest BCUT2D eigenvalue weighted by Gasteiger charge is 2.21. The number of hydrogen-bond acceptors (Lipinski definition) is 3. The quantitative estimate of drug-likeness (QED) is 0.866. The van der Waals surface area contributed by atoms with Gasteiger partial charge in [-0.25, -0.2) is 0 Å². The van der Waals surface area contributed by atoms with Crippen LogP contribution in [-0.4, -0.2) is 49.6 Å². The molecule has 128 valence electrons. The molecule has 0 aromatic heterocycles. The van der Waals surface area contributed by atoms with Crippen LogP contribution in [0.15, 0.2) is 18.2 Å². The number of aryl methyl sites for hydroxylation is 1. The van der Waals surface area contributed by atoms with E-state index in [9.17, 15) is 4.79 Å². The zero-order valence-corrected chi connectivity index (χ0v) is 15.2. The van der Waals surface area contributed by atoms with Gasteiger partial charge < -0.3 is 10.2 Å². The number of carbonyl (C=O) groups excluding carboxylic acids is 1. The Morgan fingerprint density at radius 2 is 1.87 bits per heavy atom. The van der Waals surface area contributed by atoms with Gasteiger partial charge in [-0.05, 0) is 37.5 Å². The first-order valence-electron chi connectivity index (χ1n) is 8.56. The smallest absolute Gasteiger partial charge is 0.234 e. The Morgan fingerprint density at radius 3 is 2.48 bits per heavy atom. The van der Waals surface area contributed by atoms with E-state index in [1.54, 1.807) is 0 Å². The molecular weight excluding hydrogens is 310 g/mol. The van der Waals surface area contributed by atoms with Crippen molar-refractivity contribution in [2.45, 2.75) is 39.7 Å². The summed E-state index contributed by atoms with van der Waals surface area (Å²) in [5, 5.41) is 3.89. The molecule has 1 saturated heterocycles. The molecule has 0 radical (unpaired) electrons. The molecule has 1 aromatic rings. The predicted molar refractivity (Wildman–Crippen MR) is 97.4 cm³/mol. The van der Waals surface area contributed by atoms with Gasteiger partial charge in [0, 0.05) is 42.9 Å². The number of carbonyl (C=O) groups is 1. The van der Waals surface area contributed by atoms with E-state index >= 15 is 0 Å². The topological polar surface area (TPSA) is 35.6 Å². The summed E-state index contributed by atoms with van der Waals surface area (Å²) in [4.78, 5) is 16.7. The van der Waals surface area contributed by atoms with E-state index < -0.39 is 0 Å². The van der Waals surface area contributed by atoms with Crippen LogP contribution in [0.5, 0.6) is 0 Å². The third-order valence-corrected chi connectivity index (χ3v) is 4.84. The molecule has 0 atom stereocenters. The lowest BCUT2D eigenvalue weighted by molar-refractivity contribution is -0.123. The lowest BCUT2D eigenvalue weighted by atomic mass is 10.1. The Hall–Kier alpha value is -1.26. The third-order valence-electron chi connectivity index (χ3n) is 4.60. The van der Waals surface area contributed by atoms with Gasteiger partial charge in [0.2, 0.25) is 5.91 Å². The van der Waals surface area contributed by atoms with Crippen LogP contribution in [0.2, 0.25) is 5.02 Å². The summed E-state index contributed by atoms with van der Waals surface area (Å²) in [6, 6.07) is 6.33. The van der Waals surface area contributed by atoms with E-state index in [1.165, 1.54) is 11.3 Å². The first kappa shape index (κ1) is 18.1. The van der Waals surface area contributed by atoms with Gasteiger partial charge in [-0.1, -0.05) is 31.5 Å². The Morgan fingerprint density at radius 1 is 1.22 bits per heavy atom. The van der Waals surface area contributed by atoms with Gasteiger partial charge in [0.1, 0.15) is 0 Å². The van der Waals surface area contributed by atoms with Crippen molar-refractivity contribution in [3.63, 3.8) is 0 Å². The van der Waals surface area contributed by atoms with Crippen molar-refractivity contribution in [1.82, 2.24) is 10.2 Å². The molecular formula is C18H28ClN3O. The van der Waals surface area contributed by atoms with Gasteiger partial charge in [-0.15, -0.1) is 0 Å². The third kappa shape index (κ3) is 5.11. The van der Waals surface area contributed by atoms with E-state index in [0.29, 0.717) is 12.6 Å². The fourth-order valence-corrected chi connectivity index (χ4v) is 3.21. The summed E-state index contributed by atoms with van der Waals surface area (Å²) >= 11 is 6.12. The molecule has 0 unspecified atom stereocenters. The molecule has 0 aliphatic carbocycles. The summed E-state index contributed by atoms with van der Waals surface area (Å²) in [7, 11) is 0. The second kappa shape index (κ2) is 8.55. The molecule has 1 aromatic carbocycles. The lowest BCUT2D eigenvalue weighted by Gasteiger charge is -2.36. The molecule has 4 nitrogen and oxygen atoms in total. The maximum atomic E-state index is 12.1. The Bertz CT molecular complexity index is 523. The Labute approximate surface area is 144 Å². The van der Waals surface area contributed by atoms with Crippen LogP contribution in [0.1, 0.15) is 32.3 Å². The first-order valence-corrected chi connectivity index (χ1v) is 8.94. The van der Waals surface area contributed by atoms with Crippen molar-refractivity contribution >= 4 is 23.2 Å². The number of amides is 1. The average Bonchev–Trinajstić information content (AvgIpc) is 2.55. The molecule has 1 aliphatic rings. The molecule has 5 heteroatoms. The van der Waals surface area contributed by atoms with Crippen LogP contribution in [-0.2, 0) is 4.79 Å². The van der Waals surface area contributed by atoms with Crippen molar-refractivity contribution in [2.75, 3.05) is 37.6 Å². The van der Waals surface area contributed by atoms with Gasteiger partial charge >= 0.3 is 0 Å². The molecule has 2 rings (SSSR count). The molecule has 1 N–H and O–H groups in total. The minimum Gasteiger partial charge on any atom is -0.369 e. The Balaban J connectivity index is 1.84. The molecule has 1 aliphatic heterocycles. The van der Waals surface area contributed by atoms with Gasteiger partial charge in [-0.2, -0.15) is 0 Å². The summed E-state index contributed by atoms with van der Waals surface area (Å²) < 4.78 is 0. The number of nitrogens with zero attached hydrogens (tertiary/aromatic N) is 2. The second-order valence-corrected chi connectivity index (χ2v) is 6.71. The van der Waals surface area contributed by atoms with E-state index in [4.69, 9.17) is 11.6 Å². The summed E-state index contributed by atoms with van der Waals surface area (Å²) in [6.07, 6.45) is 1.98. The minimum atomic E-state index is 0.145. The van der Waals surface area contributed by atoms with Crippen molar-refractivity contribution in [1.29, 1.82) is 0 Å². The zero-order valence-electron chi connectivity index (χ0n) is 14.4. The van der Waals surface area contributed by atoms with Crippen LogP contribution >= 0.6 is 11.6 Å². The monoisotopic (exact) mass is 337 g/mol. The van der Waals surface area contributed by atoms with Crippen LogP contribution in [0, 0.1) is 6.92 Å². The number of piperazine rings is 1. The summed E-state index contributed by atoms with van der Waals surface area (Å²) in [5.74, 6) is 0.145. The van der Waals surface area contributed by atoms with E-state index in [1.807, 2.05) is 12.1 Å². The van der Waals surface area contributed by atoms with Gasteiger partial charge in [0.25, 0.3) is 0 Å². The SMILES string of the molecule is CCC(CC)NC(=O)CN1CCN(c2cc(Cl)ccc2C)CC1. The van der Waals surface area contributed by atoms with Crippen LogP contribution in [0.25, 0.3) is 0 Å². The molecule has 23 heavy (non-hydrogen) atoms. The van der Waals surface area contributed by atoms with Crippen LogP contribution < -0.4 is 10.2 Å². The molecule has 0 saturated carbocycles. The second-order valence-electron chi connectivity index (χ2n) is 6.27. The number of halogens is 1. The molecule has 1 amide bonds. The summed E-state index contributed by atoms with van der Waals surface area (Å²) in [5.41, 5.74) is 2.45. The number of hydrogen-bond donors (Lipinski definition) is 1. The first-order chi connectivity index (χ1) is 11.0. The highest BCUT2D eigenvalue weighted by Crippen LogP contribution is 2.25. The van der Waals surface area contributed by atoms with Gasteiger partial charge in [0.15, 0.2) is 0 Å². The maximum absolute atomic E-state index is 12.1. The molecule has 1 heterocycles. The lowest BCUT2D eigenvalue weighted by Crippen LogP contribution is -2.50. The summed E-state index contributed by atoms with van der Waals surface area (Å²) in [6.45, 7) is 10.5. The van der Waals surface area contributed by atoms with Crippen molar-refractivity contribution in [2.24, 2.45) is 0 Å². The van der Waals surface area contributed by atoms with Gasteiger partial charge in [-0.3, -0.25) is 9.69 Å². The van der Waals surface area contributed by atoms with E-state index in [-0.39, 0.29) is 5.91 Å². The molecule has 1 fully saturated rings. The highest BCUT2D eigenvalue weighted by molar-refractivity contribution is 6.30. The van der Waals surface area contributed by atoms with Crippen LogP contribution in [0.3, 0.4) is 0 Å². The number of rotatable bonds is 6. The highest BCUT2D eigenvalue weighted by atomic mass is 35.5. The van der Waals surface area contributed by atoms with Crippen LogP contribution in [0.4, 0.5) is 5.69 Å². The molecule has 0 bridgehead atoms. The average molecular weight is 338 g/mol. The van der Waals surface area contributed by atoms with E-state index in [2.05, 4.69) is 42.0 Å². The van der Waals surface area contributed by atoms with Gasteiger partial charge in [0.05, 0.1) is 6.54 Å². The standard InChI is InChI=1S/C18H28ClN3O/c1-4-16(5-2)20-18(23)13-21-8-10-22(11-9-21)17-12-15(19)7-6-14(17)3/h6-7,12,16H,4-5,8-11,13H2,1-3H3,(H,20,23). The number of anilines is 1. The van der Waals surface area contributed by atoms with E-state index in [0.717, 1.165) is 44.0 Å². The van der Waals surface area contributed by atoms with Crippen molar-refractivity contribution < 1.29 is 4.79 Å². The predicted octanol–water partition coefficient (Wildman–Crippen LogP) is 3.08. The Kier molecular flexibility index (Phi) is 6.72. The largest absolute Gasteiger partial charge is 0.369 e. The van der Waals surface area contributed by atoms with Crippen molar-refractivity contribution in [3.8, 4) is 0 Å². The fourth-order valence-electron chi connectivity index (χ4n) is 3.04. The zero-order chi connectivity index (χ0) is 16.8. The molecule has 0 spiro atoms. The number of benzene rings is 1. The maximum Gasteiger partial charge on any atom is 0.234 e. The normalized spacial score (nSPS) is 16.0. The minimum absolute atomic E-state index is 0.145.